The molecule has 1 aromatic carbocycles. The van der Waals surface area contributed by atoms with Gasteiger partial charge in [0.05, 0.1) is 11.6 Å². The fourth-order valence-corrected chi connectivity index (χ4v) is 3.80. The van der Waals surface area contributed by atoms with Crippen LogP contribution >= 0.6 is 11.6 Å². The Bertz CT molecular complexity index is 1330. The van der Waals surface area contributed by atoms with E-state index in [1.165, 1.54) is 24.5 Å². The van der Waals surface area contributed by atoms with E-state index >= 15 is 4.39 Å². The standard InChI is InChI=1S/C28H30ClF2N3O4/c1-6-7-13-37-26(35)34(27(36)38-28(3,4)5)25-23(30)18(11-12-33-25)14-19-15-32-16-21(17(19)2)20-9-8-10-22(29)24(20)31/h8-12,15-16H,6-7,13-14H2,1-5H3. The molecule has 10 heteroatoms. The molecular weight excluding hydrogens is 516 g/mol. The van der Waals surface area contributed by atoms with Crippen LogP contribution in [-0.4, -0.2) is 34.4 Å². The molecule has 3 rings (SSSR count). The molecular formula is C28H30ClF2N3O4. The Morgan fingerprint density at radius 1 is 1.03 bits per heavy atom. The lowest BCUT2D eigenvalue weighted by Gasteiger charge is -2.25. The molecule has 0 spiro atoms. The van der Waals surface area contributed by atoms with Crippen LogP contribution in [0.25, 0.3) is 11.1 Å². The molecule has 0 unspecified atom stereocenters. The van der Waals surface area contributed by atoms with Gasteiger partial charge in [-0.1, -0.05) is 37.1 Å². The Morgan fingerprint density at radius 2 is 1.76 bits per heavy atom. The number of carbonyl (C=O) groups is 2. The van der Waals surface area contributed by atoms with Crippen molar-refractivity contribution >= 4 is 29.6 Å². The fourth-order valence-electron chi connectivity index (χ4n) is 3.62. The highest BCUT2D eigenvalue weighted by molar-refractivity contribution is 6.31. The number of halogens is 3. The van der Waals surface area contributed by atoms with Crippen molar-refractivity contribution < 1.29 is 27.8 Å². The van der Waals surface area contributed by atoms with Crippen molar-refractivity contribution in [2.75, 3.05) is 11.5 Å². The average molecular weight is 546 g/mol. The van der Waals surface area contributed by atoms with E-state index < -0.39 is 35.2 Å². The first-order chi connectivity index (χ1) is 17.9. The van der Waals surface area contributed by atoms with Crippen molar-refractivity contribution in [3.63, 3.8) is 0 Å². The van der Waals surface area contributed by atoms with Gasteiger partial charge < -0.3 is 9.47 Å². The Labute approximate surface area is 225 Å². The lowest BCUT2D eigenvalue weighted by molar-refractivity contribution is 0.0565. The maximum absolute atomic E-state index is 15.8. The third-order valence-electron chi connectivity index (χ3n) is 5.59. The second-order valence-corrected chi connectivity index (χ2v) is 10.0. The maximum Gasteiger partial charge on any atom is 0.425 e. The van der Waals surface area contributed by atoms with Gasteiger partial charge in [-0.15, -0.1) is 0 Å². The summed E-state index contributed by atoms with van der Waals surface area (Å²) < 4.78 is 41.0. The molecule has 0 radical (unpaired) electrons. The largest absolute Gasteiger partial charge is 0.449 e. The zero-order valence-electron chi connectivity index (χ0n) is 22.0. The van der Waals surface area contributed by atoms with Crippen LogP contribution in [0.1, 0.15) is 57.2 Å². The van der Waals surface area contributed by atoms with E-state index in [0.717, 1.165) is 6.42 Å². The summed E-state index contributed by atoms with van der Waals surface area (Å²) in [6.07, 6.45) is 3.50. The number of unbranched alkanes of at least 4 members (excludes halogenated alkanes) is 1. The molecule has 2 amide bonds. The van der Waals surface area contributed by atoms with Crippen molar-refractivity contribution in [1.29, 1.82) is 0 Å². The van der Waals surface area contributed by atoms with Gasteiger partial charge in [-0.05, 0) is 62.9 Å². The van der Waals surface area contributed by atoms with Crippen LogP contribution in [0.5, 0.6) is 0 Å². The predicted molar refractivity (Wildman–Crippen MR) is 141 cm³/mol. The number of nitrogens with zero attached hydrogens (tertiary/aromatic N) is 3. The number of ether oxygens (including phenoxy) is 2. The fraction of sp³-hybridized carbons (Fsp3) is 0.357. The van der Waals surface area contributed by atoms with E-state index in [-0.39, 0.29) is 29.2 Å². The third-order valence-corrected chi connectivity index (χ3v) is 5.88. The first-order valence-corrected chi connectivity index (χ1v) is 12.5. The van der Waals surface area contributed by atoms with Crippen LogP contribution in [-0.2, 0) is 15.9 Å². The highest BCUT2D eigenvalue weighted by Crippen LogP contribution is 2.32. The number of hydrogen-bond acceptors (Lipinski definition) is 6. The van der Waals surface area contributed by atoms with Crippen LogP contribution in [0.15, 0.2) is 42.9 Å². The van der Waals surface area contributed by atoms with Crippen LogP contribution in [0, 0.1) is 18.6 Å². The minimum atomic E-state index is -1.11. The molecule has 38 heavy (non-hydrogen) atoms. The van der Waals surface area contributed by atoms with Crippen molar-refractivity contribution in [3.05, 3.63) is 76.2 Å². The number of imide groups is 1. The zero-order valence-corrected chi connectivity index (χ0v) is 22.7. The summed E-state index contributed by atoms with van der Waals surface area (Å²) in [4.78, 5) is 34.4. The number of aromatic nitrogens is 2. The van der Waals surface area contributed by atoms with Crippen LogP contribution < -0.4 is 4.90 Å². The smallest absolute Gasteiger partial charge is 0.425 e. The Balaban J connectivity index is 2.00. The van der Waals surface area contributed by atoms with E-state index in [2.05, 4.69) is 9.97 Å². The normalized spacial score (nSPS) is 11.3. The van der Waals surface area contributed by atoms with E-state index in [0.29, 0.717) is 28.0 Å². The average Bonchev–Trinajstić information content (AvgIpc) is 2.84. The molecule has 0 aliphatic carbocycles. The van der Waals surface area contributed by atoms with E-state index in [9.17, 15) is 14.0 Å². The third kappa shape index (κ3) is 6.83. The molecule has 0 N–H and O–H groups in total. The Morgan fingerprint density at radius 3 is 2.45 bits per heavy atom. The van der Waals surface area contributed by atoms with Gasteiger partial charge in [-0.2, -0.15) is 4.90 Å². The van der Waals surface area contributed by atoms with Crippen LogP contribution in [0.2, 0.25) is 5.02 Å². The molecule has 0 atom stereocenters. The molecule has 0 bridgehead atoms. The van der Waals surface area contributed by atoms with Crippen molar-refractivity contribution in [2.45, 2.75) is 59.5 Å². The molecule has 202 valence electrons. The molecule has 2 heterocycles. The first kappa shape index (κ1) is 29.0. The number of rotatable bonds is 7. The molecule has 0 saturated heterocycles. The van der Waals surface area contributed by atoms with Crippen LogP contribution in [0.3, 0.4) is 0 Å². The summed E-state index contributed by atoms with van der Waals surface area (Å²) in [5.74, 6) is -2.02. The number of benzene rings is 1. The molecule has 0 aliphatic rings. The Kier molecular flexibility index (Phi) is 9.38. The first-order valence-electron chi connectivity index (χ1n) is 12.2. The van der Waals surface area contributed by atoms with Crippen LogP contribution in [0.4, 0.5) is 24.2 Å². The zero-order chi connectivity index (χ0) is 28.0. The number of carbonyl (C=O) groups excluding carboxylic acids is 2. The van der Waals surface area contributed by atoms with Gasteiger partial charge >= 0.3 is 12.2 Å². The monoisotopic (exact) mass is 545 g/mol. The molecule has 7 nitrogen and oxygen atoms in total. The lowest BCUT2D eigenvalue weighted by Crippen LogP contribution is -2.42. The highest BCUT2D eigenvalue weighted by Gasteiger charge is 2.34. The summed E-state index contributed by atoms with van der Waals surface area (Å²) >= 11 is 5.95. The maximum atomic E-state index is 15.8. The predicted octanol–water partition coefficient (Wildman–Crippen LogP) is 7.65. The highest BCUT2D eigenvalue weighted by atomic mass is 35.5. The van der Waals surface area contributed by atoms with Crippen molar-refractivity contribution in [3.8, 4) is 11.1 Å². The van der Waals surface area contributed by atoms with E-state index in [1.807, 2.05) is 6.92 Å². The van der Waals surface area contributed by atoms with Gasteiger partial charge in [0.15, 0.2) is 11.6 Å². The molecule has 0 fully saturated rings. The van der Waals surface area contributed by atoms with Gasteiger partial charge in [0, 0.05) is 36.1 Å². The molecule has 0 aliphatic heterocycles. The molecule has 0 saturated carbocycles. The second kappa shape index (κ2) is 12.3. The van der Waals surface area contributed by atoms with E-state index in [4.69, 9.17) is 21.1 Å². The number of pyridine rings is 2. The van der Waals surface area contributed by atoms with Gasteiger partial charge in [0.2, 0.25) is 0 Å². The molecule has 2 aromatic heterocycles. The quantitative estimate of drug-likeness (QED) is 0.283. The van der Waals surface area contributed by atoms with Gasteiger partial charge in [-0.3, -0.25) is 4.98 Å². The molecule has 3 aromatic rings. The van der Waals surface area contributed by atoms with E-state index in [1.54, 1.807) is 46.0 Å². The minimum absolute atomic E-state index is 0.0230. The number of anilines is 1. The second-order valence-electron chi connectivity index (χ2n) is 9.64. The topological polar surface area (TPSA) is 81.6 Å². The summed E-state index contributed by atoms with van der Waals surface area (Å²) in [7, 11) is 0. The minimum Gasteiger partial charge on any atom is -0.449 e. The van der Waals surface area contributed by atoms with Gasteiger partial charge in [0.25, 0.3) is 0 Å². The number of amides is 2. The van der Waals surface area contributed by atoms with Crippen molar-refractivity contribution in [1.82, 2.24) is 9.97 Å². The summed E-state index contributed by atoms with van der Waals surface area (Å²) in [6.45, 7) is 8.60. The summed E-state index contributed by atoms with van der Waals surface area (Å²) in [6, 6.07) is 6.10. The Hall–Kier alpha value is -3.59. The number of hydrogen-bond donors (Lipinski definition) is 0. The van der Waals surface area contributed by atoms with Gasteiger partial charge in [-0.25, -0.2) is 23.4 Å². The van der Waals surface area contributed by atoms with Gasteiger partial charge in [0.1, 0.15) is 11.4 Å². The SMILES string of the molecule is CCCCOC(=O)N(C(=O)OC(C)(C)C)c1nccc(Cc2cncc(-c3cccc(Cl)c3F)c2C)c1F. The van der Waals surface area contributed by atoms with Crippen molar-refractivity contribution in [2.24, 2.45) is 0 Å². The lowest BCUT2D eigenvalue weighted by atomic mass is 9.95. The summed E-state index contributed by atoms with van der Waals surface area (Å²) in [5.41, 5.74) is 1.23. The summed E-state index contributed by atoms with van der Waals surface area (Å²) in [5, 5.41) is -0.0230.